The average Bonchev–Trinajstić information content (AvgIpc) is 2.66. The van der Waals surface area contributed by atoms with Crippen molar-refractivity contribution in [2.45, 2.75) is 32.9 Å². The number of hydrogen-bond acceptors (Lipinski definition) is 4. The zero-order chi connectivity index (χ0) is 18.5. The minimum Gasteiger partial charge on any atom is -0.379 e. The number of para-hydroxylation sites is 1. The summed E-state index contributed by atoms with van der Waals surface area (Å²) in [7, 11) is 0. The molecule has 2 heterocycles. The Hall–Kier alpha value is -2.18. The molecule has 1 aromatic heterocycles. The summed E-state index contributed by atoms with van der Waals surface area (Å²) < 4.78 is 7.04. The third-order valence-corrected chi connectivity index (χ3v) is 5.05. The van der Waals surface area contributed by atoms with E-state index in [4.69, 9.17) is 4.74 Å². The van der Waals surface area contributed by atoms with Gasteiger partial charge in [0.25, 0.3) is 5.56 Å². The lowest BCUT2D eigenvalue weighted by Crippen LogP contribution is -2.47. The maximum atomic E-state index is 12.4. The summed E-state index contributed by atoms with van der Waals surface area (Å²) in [4.78, 5) is 26.9. The van der Waals surface area contributed by atoms with Gasteiger partial charge in [-0.15, -0.1) is 0 Å². The lowest BCUT2D eigenvalue weighted by atomic mass is 10.1. The van der Waals surface area contributed by atoms with Crippen LogP contribution in [0.4, 0.5) is 0 Å². The fraction of sp³-hybridized carbons (Fsp3) is 0.500. The van der Waals surface area contributed by atoms with E-state index in [0.717, 1.165) is 42.8 Å². The smallest absolute Gasteiger partial charge is 0.251 e. The van der Waals surface area contributed by atoms with Crippen molar-refractivity contribution in [1.29, 1.82) is 0 Å². The van der Waals surface area contributed by atoms with Gasteiger partial charge >= 0.3 is 0 Å². The van der Waals surface area contributed by atoms with Gasteiger partial charge in [0.15, 0.2) is 0 Å². The molecule has 0 radical (unpaired) electrons. The molecule has 1 aliphatic rings. The Bertz CT molecular complexity index is 825. The van der Waals surface area contributed by atoms with E-state index in [-0.39, 0.29) is 17.5 Å². The highest BCUT2D eigenvalue weighted by molar-refractivity contribution is 5.82. The largest absolute Gasteiger partial charge is 0.379 e. The molecule has 2 aromatic rings. The number of carbonyl (C=O) groups excluding carboxylic acids is 1. The van der Waals surface area contributed by atoms with Crippen LogP contribution in [0.2, 0.25) is 0 Å². The van der Waals surface area contributed by atoms with E-state index in [9.17, 15) is 9.59 Å². The van der Waals surface area contributed by atoms with Crippen LogP contribution in [0.25, 0.3) is 10.9 Å². The van der Waals surface area contributed by atoms with Crippen LogP contribution in [0.3, 0.4) is 0 Å². The first-order chi connectivity index (χ1) is 12.6. The van der Waals surface area contributed by atoms with E-state index >= 15 is 0 Å². The summed E-state index contributed by atoms with van der Waals surface area (Å²) in [6.07, 6.45) is 0.294. The fourth-order valence-electron chi connectivity index (χ4n) is 3.44. The van der Waals surface area contributed by atoms with Crippen molar-refractivity contribution in [1.82, 2.24) is 14.8 Å². The molecule has 6 heteroatoms. The third-order valence-electron chi connectivity index (χ3n) is 5.05. The van der Waals surface area contributed by atoms with Crippen molar-refractivity contribution in [3.05, 3.63) is 46.2 Å². The van der Waals surface area contributed by atoms with E-state index in [1.165, 1.54) is 0 Å². The van der Waals surface area contributed by atoms with Gasteiger partial charge in [-0.1, -0.05) is 18.2 Å². The predicted octanol–water partition coefficient (Wildman–Crippen LogP) is 1.54. The standard InChI is InChI=1S/C20H27N3O3/c1-15-13-20(25)23(18-6-4-3-5-17(15)18)8-7-19(24)21-14-16(2)22-9-11-26-12-10-22/h3-6,13,16H,7-12,14H2,1-2H3,(H,21,24)/t16-/m0/s1. The molecule has 0 aliphatic carbocycles. The molecule has 6 nitrogen and oxygen atoms in total. The second kappa shape index (κ2) is 8.47. The van der Waals surface area contributed by atoms with Crippen molar-refractivity contribution in [2.75, 3.05) is 32.8 Å². The maximum Gasteiger partial charge on any atom is 0.251 e. The first-order valence-electron chi connectivity index (χ1n) is 9.24. The molecule has 1 atom stereocenters. The number of nitrogens with one attached hydrogen (secondary N) is 1. The molecule has 1 aromatic carbocycles. The van der Waals surface area contributed by atoms with Gasteiger partial charge in [0.2, 0.25) is 5.91 Å². The van der Waals surface area contributed by atoms with Crippen molar-refractivity contribution in [2.24, 2.45) is 0 Å². The number of nitrogens with zero attached hydrogens (tertiary/aromatic N) is 2. The third kappa shape index (κ3) is 4.31. The van der Waals surface area contributed by atoms with Gasteiger partial charge in [-0.05, 0) is 25.5 Å². The summed E-state index contributed by atoms with van der Waals surface area (Å²) in [5.74, 6) is -0.0262. The van der Waals surface area contributed by atoms with E-state index < -0.39 is 0 Å². The molecular weight excluding hydrogens is 330 g/mol. The number of amides is 1. The Labute approximate surface area is 153 Å². The highest BCUT2D eigenvalue weighted by Crippen LogP contribution is 2.16. The van der Waals surface area contributed by atoms with Gasteiger partial charge in [-0.2, -0.15) is 0 Å². The van der Waals surface area contributed by atoms with Gasteiger partial charge in [0, 0.05) is 50.1 Å². The zero-order valence-electron chi connectivity index (χ0n) is 15.5. The summed E-state index contributed by atoms with van der Waals surface area (Å²) in [5, 5.41) is 4.04. The number of aromatic nitrogens is 1. The van der Waals surface area contributed by atoms with Crippen LogP contribution in [0.15, 0.2) is 35.1 Å². The molecule has 26 heavy (non-hydrogen) atoms. The van der Waals surface area contributed by atoms with Crippen molar-refractivity contribution >= 4 is 16.8 Å². The minimum atomic E-state index is -0.0596. The van der Waals surface area contributed by atoms with Crippen LogP contribution >= 0.6 is 0 Å². The summed E-state index contributed by atoms with van der Waals surface area (Å²) in [6, 6.07) is 9.74. The average molecular weight is 357 g/mol. The fourth-order valence-corrected chi connectivity index (χ4v) is 3.44. The van der Waals surface area contributed by atoms with E-state index in [1.54, 1.807) is 10.6 Å². The van der Waals surface area contributed by atoms with Crippen LogP contribution in [0.1, 0.15) is 18.9 Å². The normalized spacial score (nSPS) is 16.5. The van der Waals surface area contributed by atoms with Crippen LogP contribution < -0.4 is 10.9 Å². The number of pyridine rings is 1. The van der Waals surface area contributed by atoms with Crippen LogP contribution in [-0.4, -0.2) is 54.3 Å². The SMILES string of the molecule is Cc1cc(=O)n(CCC(=O)NC[C@H](C)N2CCOCC2)c2ccccc12. The molecule has 0 spiro atoms. The molecule has 1 aliphatic heterocycles. The highest BCUT2D eigenvalue weighted by atomic mass is 16.5. The van der Waals surface area contributed by atoms with E-state index in [1.807, 2.05) is 31.2 Å². The molecule has 140 valence electrons. The second-order valence-electron chi connectivity index (χ2n) is 6.89. The first-order valence-corrected chi connectivity index (χ1v) is 9.24. The first kappa shape index (κ1) is 18.6. The molecule has 1 fully saturated rings. The molecule has 0 unspecified atom stereocenters. The number of ether oxygens (including phenoxy) is 1. The van der Waals surface area contributed by atoms with Crippen LogP contribution in [-0.2, 0) is 16.1 Å². The minimum absolute atomic E-state index is 0.0262. The predicted molar refractivity (Wildman–Crippen MR) is 102 cm³/mol. The van der Waals surface area contributed by atoms with E-state index in [0.29, 0.717) is 19.5 Å². The monoisotopic (exact) mass is 357 g/mol. The quantitative estimate of drug-likeness (QED) is 0.852. The van der Waals surface area contributed by atoms with Crippen molar-refractivity contribution in [3.63, 3.8) is 0 Å². The van der Waals surface area contributed by atoms with Gasteiger partial charge in [0.1, 0.15) is 0 Å². The Morgan fingerprint density at radius 2 is 2.00 bits per heavy atom. The van der Waals surface area contributed by atoms with Crippen LogP contribution in [0.5, 0.6) is 0 Å². The Balaban J connectivity index is 1.58. The molecular formula is C20H27N3O3. The molecule has 0 bridgehead atoms. The number of rotatable bonds is 6. The molecule has 1 amide bonds. The highest BCUT2D eigenvalue weighted by Gasteiger charge is 2.17. The van der Waals surface area contributed by atoms with Crippen LogP contribution in [0, 0.1) is 6.92 Å². The molecule has 1 N–H and O–H groups in total. The molecule has 0 saturated carbocycles. The maximum absolute atomic E-state index is 12.4. The van der Waals surface area contributed by atoms with Crippen molar-refractivity contribution < 1.29 is 9.53 Å². The Morgan fingerprint density at radius 3 is 2.77 bits per heavy atom. The summed E-state index contributed by atoms with van der Waals surface area (Å²) in [5.41, 5.74) is 1.79. The number of morpholine rings is 1. The lowest BCUT2D eigenvalue weighted by Gasteiger charge is -2.32. The topological polar surface area (TPSA) is 63.6 Å². The zero-order valence-corrected chi connectivity index (χ0v) is 15.5. The summed E-state index contributed by atoms with van der Waals surface area (Å²) in [6.45, 7) is 8.37. The van der Waals surface area contributed by atoms with Gasteiger partial charge in [-0.25, -0.2) is 0 Å². The van der Waals surface area contributed by atoms with Gasteiger partial charge < -0.3 is 14.6 Å². The van der Waals surface area contributed by atoms with E-state index in [2.05, 4.69) is 17.1 Å². The Morgan fingerprint density at radius 1 is 1.27 bits per heavy atom. The van der Waals surface area contributed by atoms with Gasteiger partial charge in [-0.3, -0.25) is 14.5 Å². The number of aryl methyl sites for hydroxylation is 2. The van der Waals surface area contributed by atoms with Gasteiger partial charge in [0.05, 0.1) is 18.7 Å². The second-order valence-corrected chi connectivity index (χ2v) is 6.89. The lowest BCUT2D eigenvalue weighted by molar-refractivity contribution is -0.121. The molecule has 1 saturated heterocycles. The molecule has 3 rings (SSSR count). The number of benzene rings is 1. The van der Waals surface area contributed by atoms with Crippen molar-refractivity contribution in [3.8, 4) is 0 Å². The number of fused-ring (bicyclic) bond motifs is 1. The number of hydrogen-bond donors (Lipinski definition) is 1. The Kier molecular flexibility index (Phi) is 6.06. The number of carbonyl (C=O) groups is 1. The summed E-state index contributed by atoms with van der Waals surface area (Å²) >= 11 is 0.